The van der Waals surface area contributed by atoms with E-state index in [0.717, 1.165) is 38.9 Å². The van der Waals surface area contributed by atoms with Crippen LogP contribution in [0.4, 0.5) is 0 Å². The van der Waals surface area contributed by atoms with E-state index < -0.39 is 0 Å². The summed E-state index contributed by atoms with van der Waals surface area (Å²) in [5.41, 5.74) is 0. The maximum absolute atomic E-state index is 11.5. The molecule has 0 saturated carbocycles. The number of hydrogen-bond donors (Lipinski definition) is 1. The SMILES string of the molecule is CCOC(=O)[C@H]1CCCN(CCCO)C1. The second-order valence-electron chi connectivity index (χ2n) is 3.97. The third-order valence-corrected chi connectivity index (χ3v) is 2.76. The Kier molecular flexibility index (Phi) is 5.65. The van der Waals surface area contributed by atoms with Gasteiger partial charge >= 0.3 is 5.97 Å². The number of esters is 1. The lowest BCUT2D eigenvalue weighted by atomic mass is 9.98. The zero-order valence-electron chi connectivity index (χ0n) is 9.45. The van der Waals surface area contributed by atoms with Crippen molar-refractivity contribution >= 4 is 5.97 Å². The molecular weight excluding hydrogens is 194 g/mol. The van der Waals surface area contributed by atoms with Crippen LogP contribution in [0.25, 0.3) is 0 Å². The van der Waals surface area contributed by atoms with E-state index in [2.05, 4.69) is 4.90 Å². The van der Waals surface area contributed by atoms with E-state index >= 15 is 0 Å². The molecule has 0 spiro atoms. The number of aliphatic hydroxyl groups excluding tert-OH is 1. The van der Waals surface area contributed by atoms with Crippen molar-refractivity contribution in [2.24, 2.45) is 5.92 Å². The maximum atomic E-state index is 11.5. The summed E-state index contributed by atoms with van der Waals surface area (Å²) in [6.07, 6.45) is 2.78. The van der Waals surface area contributed by atoms with Crippen molar-refractivity contribution < 1.29 is 14.6 Å². The van der Waals surface area contributed by atoms with Crippen LogP contribution in [0.15, 0.2) is 0 Å². The molecule has 1 atom stereocenters. The van der Waals surface area contributed by atoms with Gasteiger partial charge in [0.25, 0.3) is 0 Å². The van der Waals surface area contributed by atoms with Crippen molar-refractivity contribution in [2.45, 2.75) is 26.2 Å². The fourth-order valence-corrected chi connectivity index (χ4v) is 2.01. The van der Waals surface area contributed by atoms with Crippen LogP contribution in [-0.4, -0.2) is 48.8 Å². The number of aliphatic hydroxyl groups is 1. The number of nitrogens with zero attached hydrogens (tertiary/aromatic N) is 1. The van der Waals surface area contributed by atoms with Gasteiger partial charge in [0.15, 0.2) is 0 Å². The summed E-state index contributed by atoms with van der Waals surface area (Å²) in [5, 5.41) is 8.74. The molecule has 0 aromatic heterocycles. The first-order chi connectivity index (χ1) is 7.27. The Hall–Kier alpha value is -0.610. The fourth-order valence-electron chi connectivity index (χ4n) is 2.01. The Morgan fingerprint density at radius 3 is 3.07 bits per heavy atom. The quantitative estimate of drug-likeness (QED) is 0.684. The Labute approximate surface area is 91.2 Å². The second-order valence-corrected chi connectivity index (χ2v) is 3.97. The highest BCUT2D eigenvalue weighted by Gasteiger charge is 2.26. The van der Waals surface area contributed by atoms with Gasteiger partial charge in [-0.2, -0.15) is 0 Å². The fraction of sp³-hybridized carbons (Fsp3) is 0.909. The number of likely N-dealkylation sites (tertiary alicyclic amines) is 1. The summed E-state index contributed by atoms with van der Waals surface area (Å²) >= 11 is 0. The molecule has 4 heteroatoms. The lowest BCUT2D eigenvalue weighted by Gasteiger charge is -2.31. The van der Waals surface area contributed by atoms with E-state index in [1.807, 2.05) is 6.92 Å². The van der Waals surface area contributed by atoms with Gasteiger partial charge in [-0.25, -0.2) is 0 Å². The molecule has 1 rings (SSSR count). The van der Waals surface area contributed by atoms with Crippen molar-refractivity contribution in [3.63, 3.8) is 0 Å². The lowest BCUT2D eigenvalue weighted by Crippen LogP contribution is -2.40. The van der Waals surface area contributed by atoms with Gasteiger partial charge in [0.1, 0.15) is 0 Å². The molecule has 0 aromatic carbocycles. The second kappa shape index (κ2) is 6.80. The predicted octanol–water partition coefficient (Wildman–Crippen LogP) is 0.644. The number of piperidine rings is 1. The minimum absolute atomic E-state index is 0.0393. The molecule has 1 fully saturated rings. The third-order valence-electron chi connectivity index (χ3n) is 2.76. The molecule has 0 amide bonds. The Morgan fingerprint density at radius 2 is 2.40 bits per heavy atom. The Balaban J connectivity index is 2.31. The van der Waals surface area contributed by atoms with E-state index in [1.165, 1.54) is 0 Å². The molecule has 0 aliphatic carbocycles. The predicted molar refractivity (Wildman–Crippen MR) is 57.5 cm³/mol. The maximum Gasteiger partial charge on any atom is 0.310 e. The van der Waals surface area contributed by atoms with Gasteiger partial charge in [-0.1, -0.05) is 0 Å². The highest BCUT2D eigenvalue weighted by molar-refractivity contribution is 5.72. The van der Waals surface area contributed by atoms with Crippen molar-refractivity contribution in [3.8, 4) is 0 Å². The molecule has 1 aliphatic rings. The third kappa shape index (κ3) is 4.18. The molecule has 0 aromatic rings. The molecule has 1 aliphatic heterocycles. The van der Waals surface area contributed by atoms with Crippen LogP contribution in [0, 0.1) is 5.92 Å². The van der Waals surface area contributed by atoms with E-state index in [-0.39, 0.29) is 18.5 Å². The highest BCUT2D eigenvalue weighted by Crippen LogP contribution is 2.17. The summed E-state index contributed by atoms with van der Waals surface area (Å²) in [6.45, 7) is 5.23. The van der Waals surface area contributed by atoms with Gasteiger partial charge in [0, 0.05) is 19.7 Å². The molecule has 1 N–H and O–H groups in total. The van der Waals surface area contributed by atoms with Gasteiger partial charge in [0.05, 0.1) is 12.5 Å². The lowest BCUT2D eigenvalue weighted by molar-refractivity contribution is -0.149. The van der Waals surface area contributed by atoms with Gasteiger partial charge in [-0.15, -0.1) is 0 Å². The Morgan fingerprint density at radius 1 is 1.60 bits per heavy atom. The monoisotopic (exact) mass is 215 g/mol. The number of carbonyl (C=O) groups excluding carboxylic acids is 1. The highest BCUT2D eigenvalue weighted by atomic mass is 16.5. The van der Waals surface area contributed by atoms with Gasteiger partial charge in [-0.3, -0.25) is 4.79 Å². The van der Waals surface area contributed by atoms with Crippen LogP contribution < -0.4 is 0 Å². The number of carbonyl (C=O) groups is 1. The van der Waals surface area contributed by atoms with Crippen LogP contribution >= 0.6 is 0 Å². The van der Waals surface area contributed by atoms with Crippen molar-refractivity contribution in [1.82, 2.24) is 4.90 Å². The molecular formula is C11H21NO3. The molecule has 1 heterocycles. The van der Waals surface area contributed by atoms with Crippen LogP contribution in [0.3, 0.4) is 0 Å². The average Bonchev–Trinajstić information content (AvgIpc) is 2.27. The first-order valence-corrected chi connectivity index (χ1v) is 5.77. The molecule has 0 unspecified atom stereocenters. The topological polar surface area (TPSA) is 49.8 Å². The summed E-state index contributed by atoms with van der Waals surface area (Å²) in [5.74, 6) is -0.0245. The average molecular weight is 215 g/mol. The summed E-state index contributed by atoms with van der Waals surface area (Å²) in [6, 6.07) is 0. The molecule has 4 nitrogen and oxygen atoms in total. The summed E-state index contributed by atoms with van der Waals surface area (Å²) in [4.78, 5) is 13.8. The van der Waals surface area contributed by atoms with E-state index in [9.17, 15) is 4.79 Å². The molecule has 88 valence electrons. The van der Waals surface area contributed by atoms with Gasteiger partial charge in [0.2, 0.25) is 0 Å². The number of rotatable bonds is 5. The van der Waals surface area contributed by atoms with E-state index in [4.69, 9.17) is 9.84 Å². The first-order valence-electron chi connectivity index (χ1n) is 5.77. The van der Waals surface area contributed by atoms with Crippen LogP contribution in [0.2, 0.25) is 0 Å². The molecule has 15 heavy (non-hydrogen) atoms. The van der Waals surface area contributed by atoms with Crippen molar-refractivity contribution in [1.29, 1.82) is 0 Å². The zero-order valence-corrected chi connectivity index (χ0v) is 9.45. The smallest absolute Gasteiger partial charge is 0.310 e. The molecule has 0 bridgehead atoms. The van der Waals surface area contributed by atoms with E-state index in [1.54, 1.807) is 0 Å². The van der Waals surface area contributed by atoms with Crippen LogP contribution in [0.1, 0.15) is 26.2 Å². The van der Waals surface area contributed by atoms with Gasteiger partial charge in [-0.05, 0) is 32.7 Å². The zero-order chi connectivity index (χ0) is 11.1. The van der Waals surface area contributed by atoms with Crippen LogP contribution in [0.5, 0.6) is 0 Å². The standard InChI is InChI=1S/C11H21NO3/c1-2-15-11(14)10-5-3-6-12(9-10)7-4-8-13/h10,13H,2-9H2,1H3/t10-/m0/s1. The summed E-state index contributed by atoms with van der Waals surface area (Å²) < 4.78 is 5.02. The number of ether oxygens (including phenoxy) is 1. The first kappa shape index (κ1) is 12.5. The molecule has 1 saturated heterocycles. The number of hydrogen-bond acceptors (Lipinski definition) is 4. The normalized spacial score (nSPS) is 22.7. The van der Waals surface area contributed by atoms with Crippen molar-refractivity contribution in [3.05, 3.63) is 0 Å². The minimum atomic E-state index is -0.0637. The molecule has 0 radical (unpaired) electrons. The van der Waals surface area contributed by atoms with Gasteiger partial charge < -0.3 is 14.7 Å². The van der Waals surface area contributed by atoms with Crippen LogP contribution in [-0.2, 0) is 9.53 Å². The summed E-state index contributed by atoms with van der Waals surface area (Å²) in [7, 11) is 0. The van der Waals surface area contributed by atoms with Crippen molar-refractivity contribution in [2.75, 3.05) is 32.8 Å². The van der Waals surface area contributed by atoms with E-state index in [0.29, 0.717) is 6.61 Å². The minimum Gasteiger partial charge on any atom is -0.466 e. The largest absolute Gasteiger partial charge is 0.466 e. The Bertz CT molecular complexity index is 196.